The van der Waals surface area contributed by atoms with Crippen LogP contribution < -0.4 is 10.2 Å². The van der Waals surface area contributed by atoms with Gasteiger partial charge in [-0.25, -0.2) is 0 Å². The number of hydrogen-bond donors (Lipinski definition) is 1. The van der Waals surface area contributed by atoms with E-state index in [2.05, 4.69) is 65.4 Å². The summed E-state index contributed by atoms with van der Waals surface area (Å²) >= 11 is 0. The first-order valence-electron chi connectivity index (χ1n) is 12.8. The van der Waals surface area contributed by atoms with Gasteiger partial charge in [-0.2, -0.15) is 0 Å². The first-order chi connectivity index (χ1) is 16.1. The quantitative estimate of drug-likeness (QED) is 0.534. The van der Waals surface area contributed by atoms with Crippen LogP contribution in [0.2, 0.25) is 0 Å². The highest BCUT2D eigenvalue weighted by Gasteiger charge is 2.25. The highest BCUT2D eigenvalue weighted by Crippen LogP contribution is 2.32. The molecule has 0 spiro atoms. The van der Waals surface area contributed by atoms with Crippen molar-refractivity contribution in [2.24, 2.45) is 0 Å². The van der Waals surface area contributed by atoms with Gasteiger partial charge in [0.25, 0.3) is 5.91 Å². The Labute approximate surface area is 200 Å². The number of nitrogens with one attached hydrogen (secondary N) is 1. The van der Waals surface area contributed by atoms with Gasteiger partial charge >= 0.3 is 0 Å². The smallest absolute Gasteiger partial charge is 0.253 e. The third kappa shape index (κ3) is 6.36. The van der Waals surface area contributed by atoms with Crippen LogP contribution in [0.15, 0.2) is 48.5 Å². The fraction of sp³-hybridized carbons (Fsp3) is 0.536. The molecule has 0 aromatic heterocycles. The van der Waals surface area contributed by atoms with Gasteiger partial charge < -0.3 is 15.1 Å². The second-order valence-electron chi connectivity index (χ2n) is 8.87. The SMILES string of the molecule is CCCN(CCC)c1cccc([C@@H](c2ccc(C(=O)N(CC)CC)cc2)N2CCNCC2)c1. The number of hydrogen-bond acceptors (Lipinski definition) is 4. The van der Waals surface area contributed by atoms with E-state index in [-0.39, 0.29) is 11.9 Å². The Bertz CT molecular complexity index is 850. The van der Waals surface area contributed by atoms with E-state index in [1.807, 2.05) is 30.9 Å². The molecule has 180 valence electrons. The van der Waals surface area contributed by atoms with Crippen LogP contribution in [0.5, 0.6) is 0 Å². The molecule has 2 aromatic rings. The van der Waals surface area contributed by atoms with Crippen molar-refractivity contribution in [1.29, 1.82) is 0 Å². The van der Waals surface area contributed by atoms with Crippen LogP contribution in [0.25, 0.3) is 0 Å². The molecular formula is C28H42N4O. The Kier molecular flexibility index (Phi) is 9.76. The maximum atomic E-state index is 12.8. The van der Waals surface area contributed by atoms with E-state index in [1.54, 1.807) is 0 Å². The molecule has 1 atom stereocenters. The zero-order valence-corrected chi connectivity index (χ0v) is 21.0. The van der Waals surface area contributed by atoms with Crippen molar-refractivity contribution >= 4 is 11.6 Å². The molecule has 0 unspecified atom stereocenters. The largest absolute Gasteiger partial charge is 0.372 e. The average Bonchev–Trinajstić information content (AvgIpc) is 2.86. The van der Waals surface area contributed by atoms with Crippen molar-refractivity contribution < 1.29 is 4.79 Å². The summed E-state index contributed by atoms with van der Waals surface area (Å²) in [6.45, 7) is 16.2. The van der Waals surface area contributed by atoms with Gasteiger partial charge in [-0.3, -0.25) is 9.69 Å². The van der Waals surface area contributed by atoms with Crippen molar-refractivity contribution in [3.8, 4) is 0 Å². The molecule has 0 aliphatic carbocycles. The maximum absolute atomic E-state index is 12.8. The second-order valence-corrected chi connectivity index (χ2v) is 8.87. The van der Waals surface area contributed by atoms with Gasteiger partial charge in [-0.1, -0.05) is 38.1 Å². The number of piperazine rings is 1. The summed E-state index contributed by atoms with van der Waals surface area (Å²) in [4.78, 5) is 19.8. The summed E-state index contributed by atoms with van der Waals surface area (Å²) in [7, 11) is 0. The first-order valence-corrected chi connectivity index (χ1v) is 12.8. The second kappa shape index (κ2) is 12.8. The average molecular weight is 451 g/mol. The summed E-state index contributed by atoms with van der Waals surface area (Å²) in [6, 6.07) is 17.6. The molecule has 1 saturated heterocycles. The highest BCUT2D eigenvalue weighted by atomic mass is 16.2. The summed E-state index contributed by atoms with van der Waals surface area (Å²) in [5.41, 5.74) is 4.66. The highest BCUT2D eigenvalue weighted by molar-refractivity contribution is 5.94. The Hall–Kier alpha value is -2.37. The van der Waals surface area contributed by atoms with Gasteiger partial charge in [0.05, 0.1) is 6.04 Å². The molecule has 1 fully saturated rings. The van der Waals surface area contributed by atoms with Crippen molar-refractivity contribution in [3.63, 3.8) is 0 Å². The van der Waals surface area contributed by atoms with Crippen molar-refractivity contribution in [2.75, 3.05) is 57.3 Å². The molecule has 33 heavy (non-hydrogen) atoms. The van der Waals surface area contributed by atoms with Crippen LogP contribution in [-0.4, -0.2) is 68.1 Å². The van der Waals surface area contributed by atoms with E-state index in [9.17, 15) is 4.79 Å². The Morgan fingerprint density at radius 3 is 2.12 bits per heavy atom. The number of carbonyl (C=O) groups excluding carboxylic acids is 1. The molecular weight excluding hydrogens is 408 g/mol. The monoisotopic (exact) mass is 450 g/mol. The van der Waals surface area contributed by atoms with Crippen LogP contribution in [-0.2, 0) is 0 Å². The van der Waals surface area contributed by atoms with Gasteiger partial charge in [0.15, 0.2) is 0 Å². The van der Waals surface area contributed by atoms with Crippen LogP contribution in [0.4, 0.5) is 5.69 Å². The topological polar surface area (TPSA) is 38.8 Å². The van der Waals surface area contributed by atoms with Crippen LogP contribution in [0.1, 0.15) is 68.1 Å². The summed E-state index contributed by atoms with van der Waals surface area (Å²) in [6.07, 6.45) is 2.29. The molecule has 1 N–H and O–H groups in total. The molecule has 1 aliphatic heterocycles. The molecule has 1 amide bonds. The molecule has 5 heteroatoms. The van der Waals surface area contributed by atoms with Gasteiger partial charge in [0.1, 0.15) is 0 Å². The standard InChI is InChI=1S/C28H42N4O/c1-5-18-31(19-6-2)26-11-9-10-25(22-26)27(32-20-16-29-17-21-32)23-12-14-24(15-13-23)28(33)30(7-3)8-4/h9-15,22,27,29H,5-8,16-21H2,1-4H3/t27-/m1/s1. The fourth-order valence-electron chi connectivity index (χ4n) is 4.86. The molecule has 1 heterocycles. The molecule has 2 aromatic carbocycles. The maximum Gasteiger partial charge on any atom is 0.253 e. The number of benzene rings is 2. The third-order valence-electron chi connectivity index (χ3n) is 6.58. The number of rotatable bonds is 11. The van der Waals surface area contributed by atoms with E-state index in [0.717, 1.165) is 70.8 Å². The third-order valence-corrected chi connectivity index (χ3v) is 6.58. The first kappa shape index (κ1) is 25.3. The fourth-order valence-corrected chi connectivity index (χ4v) is 4.86. The lowest BCUT2D eigenvalue weighted by Crippen LogP contribution is -2.45. The summed E-state index contributed by atoms with van der Waals surface area (Å²) in [5, 5.41) is 3.48. The van der Waals surface area contributed by atoms with Crippen molar-refractivity contribution in [3.05, 3.63) is 65.2 Å². The van der Waals surface area contributed by atoms with E-state index < -0.39 is 0 Å². The Balaban J connectivity index is 1.94. The van der Waals surface area contributed by atoms with Crippen molar-refractivity contribution in [2.45, 2.75) is 46.6 Å². The minimum Gasteiger partial charge on any atom is -0.372 e. The lowest BCUT2D eigenvalue weighted by atomic mass is 9.94. The zero-order chi connectivity index (χ0) is 23.6. The van der Waals surface area contributed by atoms with E-state index in [0.29, 0.717) is 0 Å². The van der Waals surface area contributed by atoms with E-state index >= 15 is 0 Å². The van der Waals surface area contributed by atoms with Crippen molar-refractivity contribution in [1.82, 2.24) is 15.1 Å². The Morgan fingerprint density at radius 1 is 0.909 bits per heavy atom. The van der Waals surface area contributed by atoms with Crippen LogP contribution >= 0.6 is 0 Å². The minimum absolute atomic E-state index is 0.113. The molecule has 3 rings (SSSR count). The van der Waals surface area contributed by atoms with Crippen LogP contribution in [0, 0.1) is 0 Å². The van der Waals surface area contributed by atoms with Gasteiger partial charge in [-0.05, 0) is 62.1 Å². The Morgan fingerprint density at radius 2 is 1.55 bits per heavy atom. The number of anilines is 1. The van der Waals surface area contributed by atoms with Crippen LogP contribution in [0.3, 0.4) is 0 Å². The lowest BCUT2D eigenvalue weighted by molar-refractivity contribution is 0.0773. The lowest BCUT2D eigenvalue weighted by Gasteiger charge is -2.36. The molecule has 1 aliphatic rings. The zero-order valence-electron chi connectivity index (χ0n) is 21.0. The number of nitrogens with zero attached hydrogens (tertiary/aromatic N) is 3. The molecule has 0 radical (unpaired) electrons. The summed E-state index contributed by atoms with van der Waals surface area (Å²) < 4.78 is 0. The number of carbonyl (C=O) groups is 1. The van der Waals surface area contributed by atoms with Gasteiger partial charge in [-0.15, -0.1) is 0 Å². The van der Waals surface area contributed by atoms with Gasteiger partial charge in [0.2, 0.25) is 0 Å². The van der Waals surface area contributed by atoms with E-state index in [4.69, 9.17) is 0 Å². The molecule has 5 nitrogen and oxygen atoms in total. The van der Waals surface area contributed by atoms with E-state index in [1.165, 1.54) is 16.8 Å². The minimum atomic E-state index is 0.113. The predicted molar refractivity (Wildman–Crippen MR) is 139 cm³/mol. The molecule has 0 bridgehead atoms. The number of amides is 1. The predicted octanol–water partition coefficient (Wildman–Crippen LogP) is 4.79. The van der Waals surface area contributed by atoms with Gasteiger partial charge in [0, 0.05) is 63.6 Å². The normalized spacial score (nSPS) is 15.3. The molecule has 0 saturated carbocycles. The summed E-state index contributed by atoms with van der Waals surface area (Å²) in [5.74, 6) is 0.113.